The van der Waals surface area contributed by atoms with Gasteiger partial charge in [-0.2, -0.15) is 10.4 Å². The van der Waals surface area contributed by atoms with Crippen LogP contribution >= 0.6 is 0 Å². The van der Waals surface area contributed by atoms with Crippen LogP contribution in [0.1, 0.15) is 11.1 Å². The molecule has 4 aromatic rings. The Morgan fingerprint density at radius 1 is 1.06 bits per heavy atom. The van der Waals surface area contributed by atoms with E-state index in [2.05, 4.69) is 33.3 Å². The molecule has 0 unspecified atom stereocenters. The molecule has 6 heteroatoms. The zero-order valence-corrected chi connectivity index (χ0v) is 16.9. The Morgan fingerprint density at radius 3 is 2.52 bits per heavy atom. The minimum Gasteiger partial charge on any atom is -0.484 e. The maximum Gasteiger partial charge on any atom is 0.277 e. The third-order valence-electron chi connectivity index (χ3n) is 4.93. The first-order chi connectivity index (χ1) is 15.2. The molecule has 31 heavy (non-hydrogen) atoms. The van der Waals surface area contributed by atoms with E-state index in [0.717, 1.165) is 27.7 Å². The SMILES string of the molecule is Cn1c(-c2ccccc2)c(/C=N\NC(=O)COc2ccc(C#N)cc2)c2ccccc21. The van der Waals surface area contributed by atoms with Gasteiger partial charge in [0.05, 0.1) is 23.5 Å². The van der Waals surface area contributed by atoms with Crippen LogP contribution in [0.15, 0.2) is 84.0 Å². The Balaban J connectivity index is 1.51. The molecule has 0 spiro atoms. The molecule has 0 aliphatic rings. The van der Waals surface area contributed by atoms with Crippen molar-refractivity contribution in [3.8, 4) is 23.1 Å². The van der Waals surface area contributed by atoms with Gasteiger partial charge in [-0.3, -0.25) is 4.79 Å². The molecule has 1 amide bonds. The van der Waals surface area contributed by atoms with Crippen molar-refractivity contribution in [1.82, 2.24) is 9.99 Å². The highest BCUT2D eigenvalue weighted by Gasteiger charge is 2.15. The molecule has 0 atom stereocenters. The molecule has 1 aromatic heterocycles. The number of carbonyl (C=O) groups is 1. The average Bonchev–Trinajstić information content (AvgIpc) is 3.10. The molecule has 0 aliphatic heterocycles. The summed E-state index contributed by atoms with van der Waals surface area (Å²) in [6.45, 7) is -0.176. The van der Waals surface area contributed by atoms with Crippen molar-refractivity contribution < 1.29 is 9.53 Å². The Morgan fingerprint density at radius 2 is 1.77 bits per heavy atom. The number of aromatic nitrogens is 1. The van der Waals surface area contributed by atoms with E-state index in [-0.39, 0.29) is 12.5 Å². The second kappa shape index (κ2) is 8.97. The van der Waals surface area contributed by atoms with Crippen molar-refractivity contribution in [3.63, 3.8) is 0 Å². The number of carbonyl (C=O) groups excluding carboxylic acids is 1. The first-order valence-corrected chi connectivity index (χ1v) is 9.75. The summed E-state index contributed by atoms with van der Waals surface area (Å²) >= 11 is 0. The zero-order valence-electron chi connectivity index (χ0n) is 16.9. The van der Waals surface area contributed by atoms with E-state index in [1.54, 1.807) is 30.5 Å². The number of amides is 1. The normalized spacial score (nSPS) is 10.8. The molecule has 1 N–H and O–H groups in total. The maximum absolute atomic E-state index is 12.1. The van der Waals surface area contributed by atoms with E-state index in [1.165, 1.54) is 0 Å². The highest BCUT2D eigenvalue weighted by molar-refractivity contribution is 6.06. The molecule has 0 saturated heterocycles. The second-order valence-electron chi connectivity index (χ2n) is 6.92. The number of nitrogens with one attached hydrogen (secondary N) is 1. The van der Waals surface area contributed by atoms with Crippen LogP contribution in [0.3, 0.4) is 0 Å². The number of aryl methyl sites for hydroxylation is 1. The van der Waals surface area contributed by atoms with Gasteiger partial charge in [0.15, 0.2) is 6.61 Å². The van der Waals surface area contributed by atoms with Crippen molar-refractivity contribution in [3.05, 3.63) is 90.0 Å². The quantitative estimate of drug-likeness (QED) is 0.383. The van der Waals surface area contributed by atoms with Crippen LogP contribution in [0.2, 0.25) is 0 Å². The molecule has 152 valence electrons. The topological polar surface area (TPSA) is 79.4 Å². The molecule has 0 fully saturated rings. The van der Waals surface area contributed by atoms with Gasteiger partial charge in [-0.1, -0.05) is 48.5 Å². The summed E-state index contributed by atoms with van der Waals surface area (Å²) in [5.41, 5.74) is 7.15. The Hall–Kier alpha value is -4.37. The fourth-order valence-corrected chi connectivity index (χ4v) is 3.47. The molecular weight excluding hydrogens is 388 g/mol. The van der Waals surface area contributed by atoms with Crippen molar-refractivity contribution in [1.29, 1.82) is 5.26 Å². The smallest absolute Gasteiger partial charge is 0.277 e. The number of benzene rings is 3. The molecule has 3 aromatic carbocycles. The number of nitrogens with zero attached hydrogens (tertiary/aromatic N) is 3. The first kappa shape index (κ1) is 19.9. The summed E-state index contributed by atoms with van der Waals surface area (Å²) in [6, 6.07) is 26.8. The minimum absolute atomic E-state index is 0.176. The fraction of sp³-hybridized carbons (Fsp3) is 0.0800. The van der Waals surface area contributed by atoms with Crippen LogP contribution in [0.5, 0.6) is 5.75 Å². The first-order valence-electron chi connectivity index (χ1n) is 9.75. The number of hydrogen-bond donors (Lipinski definition) is 1. The van der Waals surface area contributed by atoms with Gasteiger partial charge in [-0.25, -0.2) is 5.43 Å². The lowest BCUT2D eigenvalue weighted by atomic mass is 10.1. The number of rotatable bonds is 6. The van der Waals surface area contributed by atoms with Crippen LogP contribution in [0, 0.1) is 11.3 Å². The summed E-state index contributed by atoms with van der Waals surface area (Å²) < 4.78 is 7.56. The molecule has 4 rings (SSSR count). The van der Waals surface area contributed by atoms with Crippen LogP contribution in [0.25, 0.3) is 22.2 Å². The number of ether oxygens (including phenoxy) is 1. The van der Waals surface area contributed by atoms with E-state index >= 15 is 0 Å². The zero-order chi connectivity index (χ0) is 21.6. The molecule has 0 aliphatic carbocycles. The second-order valence-corrected chi connectivity index (χ2v) is 6.92. The van der Waals surface area contributed by atoms with E-state index in [4.69, 9.17) is 10.00 Å². The van der Waals surface area contributed by atoms with Crippen molar-refractivity contribution in [2.24, 2.45) is 12.1 Å². The maximum atomic E-state index is 12.1. The van der Waals surface area contributed by atoms with E-state index in [9.17, 15) is 4.79 Å². The standard InChI is InChI=1S/C25H20N4O2/c1-29-23-10-6-5-9-21(23)22(25(29)19-7-3-2-4-8-19)16-27-28-24(30)17-31-20-13-11-18(15-26)12-14-20/h2-14,16H,17H2,1H3,(H,28,30)/b27-16-. The molecule has 0 radical (unpaired) electrons. The van der Waals surface area contributed by atoms with Gasteiger partial charge >= 0.3 is 0 Å². The predicted octanol–water partition coefficient (Wildman–Crippen LogP) is 4.25. The fourth-order valence-electron chi connectivity index (χ4n) is 3.47. The summed E-state index contributed by atoms with van der Waals surface area (Å²) in [5, 5.41) is 14.0. The number of hydrogen-bond acceptors (Lipinski definition) is 4. The predicted molar refractivity (Wildman–Crippen MR) is 121 cm³/mol. The lowest BCUT2D eigenvalue weighted by Gasteiger charge is -2.06. The Kier molecular flexibility index (Phi) is 5.77. The van der Waals surface area contributed by atoms with Gasteiger partial charge in [0.25, 0.3) is 5.91 Å². The number of hydrazone groups is 1. The van der Waals surface area contributed by atoms with E-state index in [0.29, 0.717) is 11.3 Å². The van der Waals surface area contributed by atoms with Gasteiger partial charge in [-0.05, 0) is 35.9 Å². The van der Waals surface area contributed by atoms with Crippen LogP contribution in [-0.2, 0) is 11.8 Å². The number of nitriles is 1. The van der Waals surface area contributed by atoms with Gasteiger partial charge in [0, 0.05) is 23.5 Å². The van der Waals surface area contributed by atoms with Crippen LogP contribution in [0.4, 0.5) is 0 Å². The van der Waals surface area contributed by atoms with E-state index < -0.39 is 0 Å². The average molecular weight is 408 g/mol. The van der Waals surface area contributed by atoms with Crippen LogP contribution in [-0.4, -0.2) is 23.3 Å². The molecule has 0 saturated carbocycles. The van der Waals surface area contributed by atoms with Gasteiger partial charge in [0.1, 0.15) is 5.75 Å². The molecule has 6 nitrogen and oxygen atoms in total. The number of fused-ring (bicyclic) bond motifs is 1. The lowest BCUT2D eigenvalue weighted by Crippen LogP contribution is -2.24. The lowest BCUT2D eigenvalue weighted by molar-refractivity contribution is -0.123. The third kappa shape index (κ3) is 4.31. The summed E-state index contributed by atoms with van der Waals surface area (Å²) in [6.07, 6.45) is 1.67. The van der Waals surface area contributed by atoms with Crippen molar-refractivity contribution in [2.45, 2.75) is 0 Å². The summed E-state index contributed by atoms with van der Waals surface area (Å²) in [7, 11) is 2.02. The summed E-state index contributed by atoms with van der Waals surface area (Å²) in [5.74, 6) is 0.139. The van der Waals surface area contributed by atoms with Crippen molar-refractivity contribution in [2.75, 3.05) is 6.61 Å². The van der Waals surface area contributed by atoms with Crippen molar-refractivity contribution >= 4 is 23.0 Å². The van der Waals surface area contributed by atoms with Crippen LogP contribution < -0.4 is 10.2 Å². The highest BCUT2D eigenvalue weighted by atomic mass is 16.5. The molecule has 1 heterocycles. The Labute approximate surface area is 180 Å². The van der Waals surface area contributed by atoms with Gasteiger partial charge < -0.3 is 9.30 Å². The molecular formula is C25H20N4O2. The van der Waals surface area contributed by atoms with Gasteiger partial charge in [0.2, 0.25) is 0 Å². The minimum atomic E-state index is -0.373. The molecule has 0 bridgehead atoms. The largest absolute Gasteiger partial charge is 0.484 e. The highest BCUT2D eigenvalue weighted by Crippen LogP contribution is 2.31. The van der Waals surface area contributed by atoms with E-state index in [1.807, 2.05) is 49.5 Å². The Bertz CT molecular complexity index is 1280. The number of para-hydroxylation sites is 1. The monoisotopic (exact) mass is 408 g/mol. The third-order valence-corrected chi connectivity index (χ3v) is 4.93. The summed E-state index contributed by atoms with van der Waals surface area (Å²) in [4.78, 5) is 12.1. The van der Waals surface area contributed by atoms with Gasteiger partial charge in [-0.15, -0.1) is 0 Å².